The van der Waals surface area contributed by atoms with Gasteiger partial charge >= 0.3 is 12.1 Å². The minimum Gasteiger partial charge on any atom is -0.475 e. The number of hydrogen-bond acceptors (Lipinski definition) is 4. The molecule has 2 aliphatic rings. The first-order chi connectivity index (χ1) is 15.7. The highest BCUT2D eigenvalue weighted by Gasteiger charge is 2.48. The number of rotatable bonds is 6. The largest absolute Gasteiger partial charge is 0.490 e. The number of benzene rings is 1. The normalized spacial score (nSPS) is 21.9. The molecule has 2 heterocycles. The lowest BCUT2D eigenvalue weighted by molar-refractivity contribution is -0.192. The van der Waals surface area contributed by atoms with Gasteiger partial charge < -0.3 is 15.2 Å². The van der Waals surface area contributed by atoms with Crippen LogP contribution in [0.25, 0.3) is 0 Å². The third-order valence-corrected chi connectivity index (χ3v) is 6.57. The number of aromatic nitrogens is 1. The number of carbonyl (C=O) groups is 1. The molecule has 1 saturated carbocycles. The molecule has 1 aliphatic heterocycles. The standard InChI is InChI=1S/C23H30N2O.C2HF3O2/c1-2-8-20(9-3-1)18-24-16-13-22(21-10-4-7-15-25-21)14-17-26-23(19-22)11-5-6-12-23;3-2(4,5)1(6)7/h1-4,7-10,15,24H,5-6,11-14,16-19H2;(H,6,7)/t22-;/m0./s1. The Morgan fingerprint density at radius 1 is 1.06 bits per heavy atom. The molecule has 0 amide bonds. The predicted octanol–water partition coefficient (Wildman–Crippen LogP) is 5.26. The van der Waals surface area contributed by atoms with Gasteiger partial charge in [-0.3, -0.25) is 4.98 Å². The summed E-state index contributed by atoms with van der Waals surface area (Å²) < 4.78 is 38.1. The fourth-order valence-corrected chi connectivity index (χ4v) is 4.95. The van der Waals surface area contributed by atoms with Crippen molar-refractivity contribution in [3.8, 4) is 0 Å². The topological polar surface area (TPSA) is 71.5 Å². The molecule has 2 aromatic rings. The number of hydrogen-bond donors (Lipinski definition) is 2. The minimum absolute atomic E-state index is 0.106. The number of halogens is 3. The van der Waals surface area contributed by atoms with Crippen LogP contribution < -0.4 is 5.32 Å². The van der Waals surface area contributed by atoms with E-state index in [1.54, 1.807) is 0 Å². The zero-order valence-corrected chi connectivity index (χ0v) is 18.6. The molecule has 0 unspecified atom stereocenters. The van der Waals surface area contributed by atoms with Gasteiger partial charge in [-0.1, -0.05) is 49.2 Å². The van der Waals surface area contributed by atoms with Gasteiger partial charge in [0.2, 0.25) is 0 Å². The molecule has 1 aromatic heterocycles. The maximum atomic E-state index is 10.6. The molecule has 2 fully saturated rings. The van der Waals surface area contributed by atoms with Gasteiger partial charge in [-0.2, -0.15) is 13.2 Å². The van der Waals surface area contributed by atoms with E-state index in [0.717, 1.165) is 39.0 Å². The van der Waals surface area contributed by atoms with Crippen LogP contribution >= 0.6 is 0 Å². The average molecular weight is 465 g/mol. The summed E-state index contributed by atoms with van der Waals surface area (Å²) in [4.78, 5) is 13.7. The van der Waals surface area contributed by atoms with Crippen molar-refractivity contribution in [3.63, 3.8) is 0 Å². The maximum absolute atomic E-state index is 10.6. The van der Waals surface area contributed by atoms with E-state index in [-0.39, 0.29) is 11.0 Å². The van der Waals surface area contributed by atoms with Gasteiger partial charge in [-0.05, 0) is 56.3 Å². The highest BCUT2D eigenvalue weighted by molar-refractivity contribution is 5.73. The van der Waals surface area contributed by atoms with Gasteiger partial charge in [0.25, 0.3) is 0 Å². The molecule has 33 heavy (non-hydrogen) atoms. The molecule has 2 N–H and O–H groups in total. The van der Waals surface area contributed by atoms with Crippen LogP contribution in [0, 0.1) is 0 Å². The highest BCUT2D eigenvalue weighted by atomic mass is 19.4. The first-order valence-corrected chi connectivity index (χ1v) is 11.4. The number of pyridine rings is 1. The van der Waals surface area contributed by atoms with Crippen LogP contribution in [0.3, 0.4) is 0 Å². The van der Waals surface area contributed by atoms with Crippen molar-refractivity contribution in [1.29, 1.82) is 0 Å². The smallest absolute Gasteiger partial charge is 0.475 e. The second kappa shape index (κ2) is 11.1. The third kappa shape index (κ3) is 7.01. The molecule has 1 spiro atoms. The van der Waals surface area contributed by atoms with Crippen molar-refractivity contribution in [3.05, 3.63) is 66.0 Å². The summed E-state index contributed by atoms with van der Waals surface area (Å²) in [6, 6.07) is 17.0. The van der Waals surface area contributed by atoms with E-state index < -0.39 is 12.1 Å². The number of nitrogens with one attached hydrogen (secondary N) is 1. The Morgan fingerprint density at radius 3 is 2.33 bits per heavy atom. The molecular weight excluding hydrogens is 433 g/mol. The van der Waals surface area contributed by atoms with Crippen LogP contribution in [0.4, 0.5) is 13.2 Å². The van der Waals surface area contributed by atoms with Crippen molar-refractivity contribution in [2.75, 3.05) is 13.2 Å². The Hall–Kier alpha value is -2.45. The Kier molecular flexibility index (Phi) is 8.48. The van der Waals surface area contributed by atoms with Crippen molar-refractivity contribution < 1.29 is 27.8 Å². The Labute approximate surface area is 192 Å². The fraction of sp³-hybridized carbons (Fsp3) is 0.520. The maximum Gasteiger partial charge on any atom is 0.490 e. The molecule has 180 valence electrons. The van der Waals surface area contributed by atoms with E-state index in [2.05, 4.69) is 47.8 Å². The van der Waals surface area contributed by atoms with Crippen molar-refractivity contribution >= 4 is 5.97 Å². The van der Waals surface area contributed by atoms with E-state index in [0.29, 0.717) is 0 Å². The first-order valence-electron chi connectivity index (χ1n) is 11.4. The summed E-state index contributed by atoms with van der Waals surface area (Å²) in [5.41, 5.74) is 2.86. The Balaban J connectivity index is 0.000000383. The fourth-order valence-electron chi connectivity index (χ4n) is 4.95. The van der Waals surface area contributed by atoms with E-state index in [9.17, 15) is 13.2 Å². The Bertz CT molecular complexity index is 871. The van der Waals surface area contributed by atoms with E-state index in [4.69, 9.17) is 19.6 Å². The summed E-state index contributed by atoms with van der Waals surface area (Å²) >= 11 is 0. The van der Waals surface area contributed by atoms with Gasteiger partial charge in [0.05, 0.1) is 5.60 Å². The number of nitrogens with zero attached hydrogens (tertiary/aromatic N) is 1. The van der Waals surface area contributed by atoms with Crippen LogP contribution in [-0.4, -0.2) is 41.0 Å². The summed E-state index contributed by atoms with van der Waals surface area (Å²) in [5.74, 6) is -2.76. The zero-order chi connectivity index (χ0) is 23.8. The monoisotopic (exact) mass is 464 g/mol. The number of ether oxygens (including phenoxy) is 1. The third-order valence-electron chi connectivity index (χ3n) is 6.57. The van der Waals surface area contributed by atoms with Gasteiger partial charge in [0.1, 0.15) is 0 Å². The molecule has 1 aliphatic carbocycles. The number of carboxylic acid groups (broad SMARTS) is 1. The molecule has 1 aromatic carbocycles. The van der Waals surface area contributed by atoms with Gasteiger partial charge in [0, 0.05) is 30.5 Å². The molecule has 0 bridgehead atoms. The minimum atomic E-state index is -5.08. The van der Waals surface area contributed by atoms with Crippen LogP contribution in [0.5, 0.6) is 0 Å². The Morgan fingerprint density at radius 2 is 1.73 bits per heavy atom. The lowest BCUT2D eigenvalue weighted by atomic mass is 9.68. The van der Waals surface area contributed by atoms with Crippen molar-refractivity contribution in [1.82, 2.24) is 10.3 Å². The molecule has 8 heteroatoms. The quantitative estimate of drug-likeness (QED) is 0.571. The average Bonchev–Trinajstić information content (AvgIpc) is 3.25. The summed E-state index contributed by atoms with van der Waals surface area (Å²) in [6.07, 6.45) is 5.27. The van der Waals surface area contributed by atoms with E-state index >= 15 is 0 Å². The second-order valence-corrected chi connectivity index (χ2v) is 8.88. The van der Waals surface area contributed by atoms with Crippen molar-refractivity contribution in [2.24, 2.45) is 0 Å². The summed E-state index contributed by atoms with van der Waals surface area (Å²) in [7, 11) is 0. The number of alkyl halides is 3. The SMILES string of the molecule is O=C(O)C(F)(F)F.c1ccc(CNCC[C@]2(c3ccccn3)CCOC3(CCCC3)C2)cc1. The first kappa shape index (κ1) is 25.2. The number of carboxylic acids is 1. The summed E-state index contributed by atoms with van der Waals surface area (Å²) in [6.45, 7) is 2.82. The molecule has 1 saturated heterocycles. The zero-order valence-electron chi connectivity index (χ0n) is 18.6. The highest BCUT2D eigenvalue weighted by Crippen LogP contribution is 2.49. The van der Waals surface area contributed by atoms with Crippen LogP contribution in [0.15, 0.2) is 54.7 Å². The molecule has 4 rings (SSSR count). The van der Waals surface area contributed by atoms with Gasteiger partial charge in [-0.15, -0.1) is 0 Å². The predicted molar refractivity (Wildman–Crippen MR) is 119 cm³/mol. The second-order valence-electron chi connectivity index (χ2n) is 8.88. The van der Waals surface area contributed by atoms with Crippen LogP contribution in [0.2, 0.25) is 0 Å². The molecule has 1 atom stereocenters. The van der Waals surface area contributed by atoms with Crippen LogP contribution in [-0.2, 0) is 21.5 Å². The number of aliphatic carboxylic acids is 1. The van der Waals surface area contributed by atoms with Crippen LogP contribution in [0.1, 0.15) is 56.2 Å². The molecule has 0 radical (unpaired) electrons. The molecule has 5 nitrogen and oxygen atoms in total. The van der Waals surface area contributed by atoms with Gasteiger partial charge in [0.15, 0.2) is 0 Å². The van der Waals surface area contributed by atoms with Gasteiger partial charge in [-0.25, -0.2) is 4.79 Å². The lowest BCUT2D eigenvalue weighted by Crippen LogP contribution is -2.47. The van der Waals surface area contributed by atoms with Crippen molar-refractivity contribution in [2.45, 2.75) is 68.7 Å². The van der Waals surface area contributed by atoms with E-state index in [1.165, 1.54) is 36.9 Å². The summed E-state index contributed by atoms with van der Waals surface area (Å²) in [5, 5.41) is 10.8. The molecular formula is C25H31F3N2O3. The van der Waals surface area contributed by atoms with E-state index in [1.807, 2.05) is 12.3 Å². The lowest BCUT2D eigenvalue weighted by Gasteiger charge is -2.46.